The predicted molar refractivity (Wildman–Crippen MR) is 77.4 cm³/mol. The molecule has 100 valence electrons. The molecule has 0 aliphatic carbocycles. The van der Waals surface area contributed by atoms with E-state index >= 15 is 0 Å². The lowest BCUT2D eigenvalue weighted by molar-refractivity contribution is 0.0782. The lowest BCUT2D eigenvalue weighted by atomic mass is 10.0. The lowest BCUT2D eigenvalue weighted by Crippen LogP contribution is -2.44. The minimum absolute atomic E-state index is 0.108. The minimum atomic E-state index is -0.108. The van der Waals surface area contributed by atoms with E-state index in [2.05, 4.69) is 25.7 Å². The maximum absolute atomic E-state index is 12.4. The van der Waals surface area contributed by atoms with Crippen LogP contribution >= 0.6 is 11.6 Å². The molecule has 0 aliphatic heterocycles. The Morgan fingerprint density at radius 2 is 2.00 bits per heavy atom. The molecule has 1 rings (SSSR count). The zero-order chi connectivity index (χ0) is 13.7. The monoisotopic (exact) mass is 267 g/mol. The summed E-state index contributed by atoms with van der Waals surface area (Å²) in [6.07, 6.45) is 1.04. The van der Waals surface area contributed by atoms with Crippen LogP contribution in [0.25, 0.3) is 0 Å². The number of carbonyl (C=O) groups excluding carboxylic acids is 1. The third-order valence-corrected chi connectivity index (χ3v) is 3.74. The van der Waals surface area contributed by atoms with Gasteiger partial charge in [-0.25, -0.2) is 0 Å². The zero-order valence-corrected chi connectivity index (χ0v) is 12.4. The lowest BCUT2D eigenvalue weighted by Gasteiger charge is -2.32. The molecule has 0 aliphatic rings. The fraction of sp³-hybridized carbons (Fsp3) is 0.533. The highest BCUT2D eigenvalue weighted by Crippen LogP contribution is 2.16. The van der Waals surface area contributed by atoms with Gasteiger partial charge >= 0.3 is 0 Å². The first-order valence-electron chi connectivity index (χ1n) is 6.56. The number of rotatable bonds is 6. The van der Waals surface area contributed by atoms with E-state index in [4.69, 9.17) is 11.6 Å². The number of carbonyl (C=O) groups is 1. The number of likely N-dealkylation sites (N-methyl/N-ethyl adjacent to an activating group) is 1. The van der Waals surface area contributed by atoms with Gasteiger partial charge in [-0.2, -0.15) is 0 Å². The molecule has 0 aromatic heterocycles. The van der Waals surface area contributed by atoms with Crippen LogP contribution in [0.3, 0.4) is 0 Å². The molecule has 1 aromatic rings. The van der Waals surface area contributed by atoms with Crippen LogP contribution < -0.4 is 0 Å². The molecule has 1 aromatic carbocycles. The Bertz CT molecular complexity index is 405. The molecule has 0 radical (unpaired) electrons. The minimum Gasteiger partial charge on any atom is -0.292 e. The molecule has 0 saturated carbocycles. The average Bonchev–Trinajstić information content (AvgIpc) is 2.38. The fourth-order valence-corrected chi connectivity index (χ4v) is 2.43. The summed E-state index contributed by atoms with van der Waals surface area (Å²) in [7, 11) is 0. The summed E-state index contributed by atoms with van der Waals surface area (Å²) in [4.78, 5) is 14.6. The molecular weight excluding hydrogens is 246 g/mol. The second-order valence-electron chi connectivity index (χ2n) is 4.64. The number of hydrogen-bond acceptors (Lipinski definition) is 2. The Morgan fingerprint density at radius 3 is 2.50 bits per heavy atom. The van der Waals surface area contributed by atoms with Crippen molar-refractivity contribution in [1.82, 2.24) is 4.90 Å². The normalized spacial score (nSPS) is 14.6. The van der Waals surface area contributed by atoms with Crippen molar-refractivity contribution in [3.63, 3.8) is 0 Å². The maximum atomic E-state index is 12.4. The standard InChI is InChI=1S/C15H22ClNO/c1-5-11(3)17(6-2)12(4)15(18)13-8-7-9-14(16)10-13/h7-12H,5-6H2,1-4H3. The van der Waals surface area contributed by atoms with Crippen molar-refractivity contribution in [1.29, 1.82) is 0 Å². The number of halogens is 1. The smallest absolute Gasteiger partial charge is 0.179 e. The molecule has 0 heterocycles. The van der Waals surface area contributed by atoms with Gasteiger partial charge < -0.3 is 0 Å². The molecule has 2 unspecified atom stereocenters. The second-order valence-corrected chi connectivity index (χ2v) is 5.07. The van der Waals surface area contributed by atoms with E-state index in [0.717, 1.165) is 13.0 Å². The molecule has 0 spiro atoms. The van der Waals surface area contributed by atoms with Crippen LogP contribution in [0.15, 0.2) is 24.3 Å². The van der Waals surface area contributed by atoms with Gasteiger partial charge in [0.05, 0.1) is 6.04 Å². The van der Waals surface area contributed by atoms with Gasteiger partial charge in [0, 0.05) is 16.6 Å². The van der Waals surface area contributed by atoms with E-state index in [0.29, 0.717) is 16.6 Å². The SMILES string of the molecule is CCC(C)N(CC)C(C)C(=O)c1cccc(Cl)c1. The van der Waals surface area contributed by atoms with E-state index in [1.807, 2.05) is 19.1 Å². The molecule has 0 saturated heterocycles. The van der Waals surface area contributed by atoms with E-state index in [1.165, 1.54) is 0 Å². The van der Waals surface area contributed by atoms with Gasteiger partial charge in [-0.3, -0.25) is 9.69 Å². The summed E-state index contributed by atoms with van der Waals surface area (Å²) in [6, 6.07) is 7.48. The second kappa shape index (κ2) is 6.91. The number of ketones is 1. The Hall–Kier alpha value is -0.860. The Balaban J connectivity index is 2.88. The van der Waals surface area contributed by atoms with Crippen molar-refractivity contribution >= 4 is 17.4 Å². The van der Waals surface area contributed by atoms with Gasteiger partial charge in [0.25, 0.3) is 0 Å². The van der Waals surface area contributed by atoms with Gasteiger partial charge in [0.1, 0.15) is 0 Å². The van der Waals surface area contributed by atoms with E-state index < -0.39 is 0 Å². The Labute approximate surface area is 115 Å². The topological polar surface area (TPSA) is 20.3 Å². The summed E-state index contributed by atoms with van der Waals surface area (Å²) in [5.74, 6) is 0.139. The van der Waals surface area contributed by atoms with Crippen LogP contribution in [0, 0.1) is 0 Å². The van der Waals surface area contributed by atoms with Crippen LogP contribution in [0.5, 0.6) is 0 Å². The van der Waals surface area contributed by atoms with Gasteiger partial charge in [-0.15, -0.1) is 0 Å². The Morgan fingerprint density at radius 1 is 1.33 bits per heavy atom. The Kier molecular flexibility index (Phi) is 5.83. The van der Waals surface area contributed by atoms with Crippen LogP contribution in [0.2, 0.25) is 5.02 Å². The molecule has 0 amide bonds. The van der Waals surface area contributed by atoms with Crippen molar-refractivity contribution in [2.24, 2.45) is 0 Å². The number of Topliss-reactive ketones (excluding diaryl/α,β-unsaturated/α-hetero) is 1. The van der Waals surface area contributed by atoms with E-state index in [9.17, 15) is 4.79 Å². The first-order valence-corrected chi connectivity index (χ1v) is 6.94. The molecule has 0 N–H and O–H groups in total. The van der Waals surface area contributed by atoms with E-state index in [-0.39, 0.29) is 11.8 Å². The number of hydrogen-bond donors (Lipinski definition) is 0. The molecule has 18 heavy (non-hydrogen) atoms. The summed E-state index contributed by atoms with van der Waals surface area (Å²) in [5.41, 5.74) is 0.691. The summed E-state index contributed by atoms with van der Waals surface area (Å²) < 4.78 is 0. The summed E-state index contributed by atoms with van der Waals surface area (Å²) in [6.45, 7) is 9.24. The van der Waals surface area contributed by atoms with Gasteiger partial charge in [0.15, 0.2) is 5.78 Å². The van der Waals surface area contributed by atoms with Gasteiger partial charge in [-0.1, -0.05) is 37.6 Å². The third kappa shape index (κ3) is 3.56. The van der Waals surface area contributed by atoms with Crippen LogP contribution in [0.1, 0.15) is 44.5 Å². The largest absolute Gasteiger partial charge is 0.292 e. The van der Waals surface area contributed by atoms with Crippen molar-refractivity contribution in [3.05, 3.63) is 34.9 Å². The van der Waals surface area contributed by atoms with Crippen LogP contribution in [-0.4, -0.2) is 29.3 Å². The van der Waals surface area contributed by atoms with Crippen LogP contribution in [-0.2, 0) is 0 Å². The molecule has 0 fully saturated rings. The molecule has 0 bridgehead atoms. The van der Waals surface area contributed by atoms with E-state index in [1.54, 1.807) is 12.1 Å². The predicted octanol–water partition coefficient (Wildman–Crippen LogP) is 4.03. The van der Waals surface area contributed by atoms with Gasteiger partial charge in [0.2, 0.25) is 0 Å². The fourth-order valence-electron chi connectivity index (χ4n) is 2.24. The van der Waals surface area contributed by atoms with Crippen LogP contribution in [0.4, 0.5) is 0 Å². The van der Waals surface area contributed by atoms with Crippen molar-refractivity contribution < 1.29 is 4.79 Å². The quantitative estimate of drug-likeness (QED) is 0.726. The molecule has 2 atom stereocenters. The number of benzene rings is 1. The third-order valence-electron chi connectivity index (χ3n) is 3.51. The molecule has 2 nitrogen and oxygen atoms in total. The van der Waals surface area contributed by atoms with Crippen molar-refractivity contribution in [3.8, 4) is 0 Å². The highest BCUT2D eigenvalue weighted by Gasteiger charge is 2.24. The highest BCUT2D eigenvalue weighted by atomic mass is 35.5. The average molecular weight is 268 g/mol. The van der Waals surface area contributed by atoms with Crippen molar-refractivity contribution in [2.75, 3.05) is 6.54 Å². The first kappa shape index (κ1) is 15.2. The maximum Gasteiger partial charge on any atom is 0.179 e. The molecular formula is C15H22ClNO. The number of nitrogens with zero attached hydrogens (tertiary/aromatic N) is 1. The first-order chi connectivity index (χ1) is 8.51. The van der Waals surface area contributed by atoms with Crippen molar-refractivity contribution in [2.45, 2.75) is 46.2 Å². The van der Waals surface area contributed by atoms with Gasteiger partial charge in [-0.05, 0) is 38.9 Å². The zero-order valence-electron chi connectivity index (χ0n) is 11.6. The molecule has 3 heteroatoms. The summed E-state index contributed by atoms with van der Waals surface area (Å²) >= 11 is 5.93. The summed E-state index contributed by atoms with van der Waals surface area (Å²) in [5, 5.41) is 0.611. The highest BCUT2D eigenvalue weighted by molar-refractivity contribution is 6.31.